The van der Waals surface area contributed by atoms with E-state index in [0.29, 0.717) is 17.4 Å². The first kappa shape index (κ1) is 20.1. The summed E-state index contributed by atoms with van der Waals surface area (Å²) in [5, 5.41) is 3.02. The zero-order valence-corrected chi connectivity index (χ0v) is 18.1. The zero-order valence-electron chi connectivity index (χ0n) is 18.1. The molecular formula is C22H24N8O2. The van der Waals surface area contributed by atoms with Gasteiger partial charge < -0.3 is 24.8 Å². The number of hydrogen-bond acceptors (Lipinski definition) is 8. The van der Waals surface area contributed by atoms with Gasteiger partial charge in [0, 0.05) is 35.7 Å². The summed E-state index contributed by atoms with van der Waals surface area (Å²) in [5.41, 5.74) is 9.60. The van der Waals surface area contributed by atoms with Crippen LogP contribution in [0, 0.1) is 6.92 Å². The molecule has 4 heterocycles. The van der Waals surface area contributed by atoms with Crippen LogP contribution in [0.3, 0.4) is 0 Å². The van der Waals surface area contributed by atoms with E-state index in [9.17, 15) is 4.79 Å². The molecular weight excluding hydrogens is 408 g/mol. The lowest BCUT2D eigenvalue weighted by atomic mass is 9.86. The summed E-state index contributed by atoms with van der Waals surface area (Å²) in [5.74, 6) is -0.0263. The Bertz CT molecular complexity index is 1290. The maximum absolute atomic E-state index is 13.0. The van der Waals surface area contributed by atoms with Gasteiger partial charge in [-0.1, -0.05) is 0 Å². The van der Waals surface area contributed by atoms with Gasteiger partial charge in [0.15, 0.2) is 17.2 Å². The smallest absolute Gasteiger partial charge is 0.273 e. The molecule has 0 radical (unpaired) electrons. The van der Waals surface area contributed by atoms with E-state index in [1.165, 1.54) is 12.5 Å². The van der Waals surface area contributed by atoms with Crippen molar-refractivity contribution in [3.8, 4) is 22.8 Å². The van der Waals surface area contributed by atoms with Crippen LogP contribution in [-0.2, 0) is 0 Å². The van der Waals surface area contributed by atoms with Crippen molar-refractivity contribution in [2.24, 2.45) is 0 Å². The van der Waals surface area contributed by atoms with Gasteiger partial charge in [-0.3, -0.25) is 4.79 Å². The standard InChI is InChI=1S/C22H24N8O2/c1-12-10-25-16-5-4-13(11-30(12)16)17-18(22-24-6-7-32-22)28-20(23)19(27-17)21(31)26-14-8-15(9-14)29(2)3/h4-7,10-11,14-15H,8-9H2,1-3H3,(H2,23,28)(H,26,31). The monoisotopic (exact) mass is 432 g/mol. The lowest BCUT2D eigenvalue weighted by Gasteiger charge is -2.39. The highest BCUT2D eigenvalue weighted by Crippen LogP contribution is 2.31. The molecule has 0 bridgehead atoms. The molecule has 10 heteroatoms. The second-order valence-corrected chi connectivity index (χ2v) is 8.30. The van der Waals surface area contributed by atoms with Crippen LogP contribution in [-0.4, -0.2) is 61.3 Å². The van der Waals surface area contributed by atoms with Gasteiger partial charge in [-0.05, 0) is 46.0 Å². The molecule has 1 aliphatic rings. The molecule has 4 aromatic heterocycles. The molecule has 5 rings (SSSR count). The summed E-state index contributed by atoms with van der Waals surface area (Å²) in [6.45, 7) is 1.96. The van der Waals surface area contributed by atoms with Crippen molar-refractivity contribution >= 4 is 17.4 Å². The molecule has 3 N–H and O–H groups in total. The van der Waals surface area contributed by atoms with Crippen LogP contribution in [0.1, 0.15) is 29.0 Å². The Morgan fingerprint density at radius 2 is 2.03 bits per heavy atom. The first-order chi connectivity index (χ1) is 15.4. The number of anilines is 1. The summed E-state index contributed by atoms with van der Waals surface area (Å²) in [7, 11) is 4.08. The minimum atomic E-state index is -0.336. The van der Waals surface area contributed by atoms with Gasteiger partial charge in [0.25, 0.3) is 5.91 Å². The van der Waals surface area contributed by atoms with Gasteiger partial charge in [0.1, 0.15) is 17.6 Å². The molecule has 10 nitrogen and oxygen atoms in total. The largest absolute Gasteiger partial charge is 0.443 e. The molecule has 0 aromatic carbocycles. The van der Waals surface area contributed by atoms with Crippen LogP contribution in [0.2, 0.25) is 0 Å². The zero-order chi connectivity index (χ0) is 22.4. The molecule has 0 aliphatic heterocycles. The topological polar surface area (TPSA) is 127 Å². The lowest BCUT2D eigenvalue weighted by molar-refractivity contribution is 0.0849. The van der Waals surface area contributed by atoms with Gasteiger partial charge in [0.05, 0.1) is 6.20 Å². The summed E-state index contributed by atoms with van der Waals surface area (Å²) >= 11 is 0. The van der Waals surface area contributed by atoms with E-state index in [0.717, 1.165) is 29.7 Å². The summed E-state index contributed by atoms with van der Waals surface area (Å²) in [6, 6.07) is 4.33. The quantitative estimate of drug-likeness (QED) is 0.491. The number of aromatic nitrogens is 5. The second-order valence-electron chi connectivity index (χ2n) is 8.30. The van der Waals surface area contributed by atoms with Gasteiger partial charge in [-0.25, -0.2) is 19.9 Å². The molecule has 0 saturated heterocycles. The Kier molecular flexibility index (Phi) is 4.86. The van der Waals surface area contributed by atoms with Crippen LogP contribution in [0.5, 0.6) is 0 Å². The van der Waals surface area contributed by atoms with Gasteiger partial charge in [0.2, 0.25) is 5.89 Å². The van der Waals surface area contributed by atoms with E-state index in [1.54, 1.807) is 6.20 Å². The third-order valence-corrected chi connectivity index (χ3v) is 5.92. The number of rotatable bonds is 5. The molecule has 1 fully saturated rings. The Balaban J connectivity index is 1.54. The molecule has 1 amide bonds. The minimum absolute atomic E-state index is 0.0304. The highest BCUT2D eigenvalue weighted by Gasteiger charge is 2.33. The Morgan fingerprint density at radius 3 is 2.75 bits per heavy atom. The van der Waals surface area contributed by atoms with Crippen molar-refractivity contribution < 1.29 is 9.21 Å². The Labute approximate surface area is 184 Å². The fourth-order valence-electron chi connectivity index (χ4n) is 3.93. The average molecular weight is 432 g/mol. The van der Waals surface area contributed by atoms with Crippen molar-refractivity contribution in [3.05, 3.63) is 48.4 Å². The molecule has 1 aliphatic carbocycles. The van der Waals surface area contributed by atoms with E-state index in [-0.39, 0.29) is 29.4 Å². The van der Waals surface area contributed by atoms with E-state index in [4.69, 9.17) is 10.2 Å². The number of oxazole rings is 1. The third-order valence-electron chi connectivity index (χ3n) is 5.92. The fourth-order valence-corrected chi connectivity index (χ4v) is 3.93. The van der Waals surface area contributed by atoms with E-state index < -0.39 is 0 Å². The van der Waals surface area contributed by atoms with Crippen molar-refractivity contribution in [2.75, 3.05) is 19.8 Å². The first-order valence-corrected chi connectivity index (χ1v) is 10.4. The number of nitrogen functional groups attached to an aromatic ring is 1. The molecule has 0 atom stereocenters. The van der Waals surface area contributed by atoms with Crippen molar-refractivity contribution in [1.29, 1.82) is 0 Å². The molecule has 32 heavy (non-hydrogen) atoms. The first-order valence-electron chi connectivity index (χ1n) is 10.4. The van der Waals surface area contributed by atoms with Crippen molar-refractivity contribution in [3.63, 3.8) is 0 Å². The van der Waals surface area contributed by atoms with Crippen LogP contribution in [0.15, 0.2) is 41.4 Å². The number of nitrogens with zero attached hydrogens (tertiary/aromatic N) is 6. The van der Waals surface area contributed by atoms with Gasteiger partial charge >= 0.3 is 0 Å². The van der Waals surface area contributed by atoms with Gasteiger partial charge in [-0.2, -0.15) is 0 Å². The SMILES string of the molecule is Cc1cnc2ccc(-c3nc(C(=O)NC4CC(N(C)C)C4)c(N)nc3-c3ncco3)cn12. The highest BCUT2D eigenvalue weighted by molar-refractivity contribution is 5.98. The van der Waals surface area contributed by atoms with Crippen molar-refractivity contribution in [2.45, 2.75) is 31.8 Å². The normalized spacial score (nSPS) is 18.1. The maximum Gasteiger partial charge on any atom is 0.273 e. The number of imidazole rings is 1. The number of fused-ring (bicyclic) bond motifs is 1. The Hall–Kier alpha value is -3.79. The number of aryl methyl sites for hydroxylation is 1. The van der Waals surface area contributed by atoms with Crippen LogP contribution < -0.4 is 11.1 Å². The van der Waals surface area contributed by atoms with Crippen LogP contribution in [0.4, 0.5) is 5.82 Å². The number of carbonyl (C=O) groups is 1. The third kappa shape index (κ3) is 3.48. The summed E-state index contributed by atoms with van der Waals surface area (Å²) in [6.07, 6.45) is 8.46. The summed E-state index contributed by atoms with van der Waals surface area (Å²) in [4.78, 5) is 32.8. The molecule has 1 saturated carbocycles. The predicted molar refractivity (Wildman–Crippen MR) is 119 cm³/mol. The average Bonchev–Trinajstić information content (AvgIpc) is 3.40. The highest BCUT2D eigenvalue weighted by atomic mass is 16.3. The molecule has 0 spiro atoms. The molecule has 164 valence electrons. The minimum Gasteiger partial charge on any atom is -0.443 e. The molecule has 0 unspecified atom stereocenters. The number of amides is 1. The Morgan fingerprint density at radius 1 is 1.22 bits per heavy atom. The van der Waals surface area contributed by atoms with E-state index >= 15 is 0 Å². The van der Waals surface area contributed by atoms with Crippen LogP contribution in [0.25, 0.3) is 28.5 Å². The van der Waals surface area contributed by atoms with Crippen molar-refractivity contribution in [1.82, 2.24) is 34.6 Å². The van der Waals surface area contributed by atoms with Crippen LogP contribution >= 0.6 is 0 Å². The number of nitrogens with two attached hydrogens (primary N) is 1. The fraction of sp³-hybridized carbons (Fsp3) is 0.318. The van der Waals surface area contributed by atoms with E-state index in [1.807, 2.05) is 43.7 Å². The second kappa shape index (κ2) is 7.72. The predicted octanol–water partition coefficient (Wildman–Crippen LogP) is 2.16. The van der Waals surface area contributed by atoms with E-state index in [2.05, 4.69) is 30.2 Å². The summed E-state index contributed by atoms with van der Waals surface area (Å²) < 4.78 is 7.41. The number of pyridine rings is 1. The maximum atomic E-state index is 13.0. The number of nitrogens with one attached hydrogen (secondary N) is 1. The lowest BCUT2D eigenvalue weighted by Crippen LogP contribution is -2.52. The molecule has 4 aromatic rings. The number of carbonyl (C=O) groups excluding carboxylic acids is 1. The number of hydrogen-bond donors (Lipinski definition) is 2. The van der Waals surface area contributed by atoms with Gasteiger partial charge in [-0.15, -0.1) is 0 Å².